The highest BCUT2D eigenvalue weighted by Gasteiger charge is 2.18. The second-order valence-corrected chi connectivity index (χ2v) is 6.18. The summed E-state index contributed by atoms with van der Waals surface area (Å²) in [6.45, 7) is 5.48. The molecule has 2 N–H and O–H groups in total. The van der Waals surface area contributed by atoms with Crippen LogP contribution in [0.15, 0.2) is 35.9 Å². The van der Waals surface area contributed by atoms with Gasteiger partial charge in [0.2, 0.25) is 5.91 Å². The molecule has 0 radical (unpaired) electrons. The summed E-state index contributed by atoms with van der Waals surface area (Å²) in [6.07, 6.45) is 5.23. The SMILES string of the molecule is CNC(=O)Cc1ccccc1NCC1CC(C)=CC(C)C1. The van der Waals surface area contributed by atoms with Crippen molar-refractivity contribution in [3.05, 3.63) is 41.5 Å². The number of likely N-dealkylation sites (N-methyl/N-ethyl adjacent to an activating group) is 1. The Kier molecular flexibility index (Phi) is 5.43. The standard InChI is InChI=1S/C18H26N2O/c1-13-8-14(2)10-15(9-13)12-20-17-7-5-4-6-16(17)11-18(21)19-3/h4-8,13,15,20H,9-12H2,1-3H3,(H,19,21). The van der Waals surface area contributed by atoms with E-state index in [1.54, 1.807) is 7.05 Å². The smallest absolute Gasteiger partial charge is 0.224 e. The summed E-state index contributed by atoms with van der Waals surface area (Å²) in [6, 6.07) is 8.09. The number of nitrogens with one attached hydrogen (secondary N) is 2. The van der Waals surface area contributed by atoms with Crippen molar-refractivity contribution in [2.45, 2.75) is 33.1 Å². The summed E-state index contributed by atoms with van der Waals surface area (Å²) in [7, 11) is 1.68. The Balaban J connectivity index is 1.97. The number of allylic oxidation sites excluding steroid dienone is 2. The fourth-order valence-corrected chi connectivity index (χ4v) is 3.20. The van der Waals surface area contributed by atoms with Gasteiger partial charge in [0.15, 0.2) is 0 Å². The molecule has 3 heteroatoms. The molecule has 1 amide bonds. The molecule has 2 atom stereocenters. The molecule has 0 saturated heterocycles. The number of carbonyl (C=O) groups excluding carboxylic acids is 1. The van der Waals surface area contributed by atoms with Crippen LogP contribution in [0.5, 0.6) is 0 Å². The first-order chi connectivity index (χ1) is 10.1. The maximum absolute atomic E-state index is 11.6. The number of hydrogen-bond acceptors (Lipinski definition) is 2. The molecule has 0 saturated carbocycles. The molecule has 0 spiro atoms. The average molecular weight is 286 g/mol. The zero-order chi connectivity index (χ0) is 15.2. The first-order valence-corrected chi connectivity index (χ1v) is 7.78. The molecular weight excluding hydrogens is 260 g/mol. The van der Waals surface area contributed by atoms with Crippen LogP contribution in [0.25, 0.3) is 0 Å². The lowest BCUT2D eigenvalue weighted by Gasteiger charge is -2.26. The predicted molar refractivity (Wildman–Crippen MR) is 88.3 cm³/mol. The highest BCUT2D eigenvalue weighted by Crippen LogP contribution is 2.28. The van der Waals surface area contributed by atoms with E-state index in [0.29, 0.717) is 18.3 Å². The van der Waals surface area contributed by atoms with Crippen molar-refractivity contribution in [1.82, 2.24) is 5.32 Å². The molecule has 21 heavy (non-hydrogen) atoms. The summed E-state index contributed by atoms with van der Waals surface area (Å²) >= 11 is 0. The van der Waals surface area contributed by atoms with E-state index in [2.05, 4.69) is 36.6 Å². The first kappa shape index (κ1) is 15.6. The number of benzene rings is 1. The summed E-state index contributed by atoms with van der Waals surface area (Å²) in [4.78, 5) is 11.6. The zero-order valence-corrected chi connectivity index (χ0v) is 13.3. The Morgan fingerprint density at radius 2 is 2.10 bits per heavy atom. The minimum atomic E-state index is 0.0503. The Hall–Kier alpha value is -1.77. The Bertz CT molecular complexity index is 522. The average Bonchev–Trinajstić information content (AvgIpc) is 2.45. The van der Waals surface area contributed by atoms with Gasteiger partial charge in [0.05, 0.1) is 6.42 Å². The molecule has 0 bridgehead atoms. The van der Waals surface area contributed by atoms with Gasteiger partial charge in [-0.05, 0) is 43.2 Å². The molecule has 2 unspecified atom stereocenters. The normalized spacial score (nSPS) is 21.6. The van der Waals surface area contributed by atoms with E-state index < -0.39 is 0 Å². The minimum Gasteiger partial charge on any atom is -0.385 e. The molecular formula is C18H26N2O. The molecule has 0 heterocycles. The molecule has 3 nitrogen and oxygen atoms in total. The number of para-hydroxylation sites is 1. The Labute approximate surface area is 127 Å². The fourth-order valence-electron chi connectivity index (χ4n) is 3.20. The molecule has 1 aliphatic carbocycles. The molecule has 114 valence electrons. The lowest BCUT2D eigenvalue weighted by molar-refractivity contribution is -0.119. The van der Waals surface area contributed by atoms with Gasteiger partial charge in [-0.25, -0.2) is 0 Å². The number of amides is 1. The third kappa shape index (κ3) is 4.62. The lowest BCUT2D eigenvalue weighted by Crippen LogP contribution is -2.22. The van der Waals surface area contributed by atoms with Crippen LogP contribution >= 0.6 is 0 Å². The van der Waals surface area contributed by atoms with Crippen molar-refractivity contribution in [3.8, 4) is 0 Å². The Morgan fingerprint density at radius 3 is 2.81 bits per heavy atom. The number of hydrogen-bond donors (Lipinski definition) is 2. The number of rotatable bonds is 5. The second kappa shape index (κ2) is 7.30. The van der Waals surface area contributed by atoms with Crippen LogP contribution in [0.3, 0.4) is 0 Å². The first-order valence-electron chi connectivity index (χ1n) is 7.78. The van der Waals surface area contributed by atoms with Gasteiger partial charge in [-0.15, -0.1) is 0 Å². The van der Waals surface area contributed by atoms with Crippen molar-refractivity contribution in [1.29, 1.82) is 0 Å². The monoisotopic (exact) mass is 286 g/mol. The summed E-state index contributed by atoms with van der Waals surface area (Å²) < 4.78 is 0. The van der Waals surface area contributed by atoms with Crippen LogP contribution in [-0.4, -0.2) is 19.5 Å². The fraction of sp³-hybridized carbons (Fsp3) is 0.500. The molecule has 2 rings (SSSR count). The van der Waals surface area contributed by atoms with E-state index in [-0.39, 0.29) is 5.91 Å². The number of anilines is 1. The maximum atomic E-state index is 11.6. The van der Waals surface area contributed by atoms with Crippen LogP contribution in [0.4, 0.5) is 5.69 Å². The third-order valence-electron chi connectivity index (χ3n) is 4.11. The highest BCUT2D eigenvalue weighted by molar-refractivity contribution is 5.80. The van der Waals surface area contributed by atoms with Crippen LogP contribution in [0.1, 0.15) is 32.3 Å². The van der Waals surface area contributed by atoms with E-state index in [9.17, 15) is 4.79 Å². The molecule has 1 aromatic rings. The Morgan fingerprint density at radius 1 is 1.33 bits per heavy atom. The van der Waals surface area contributed by atoms with Gasteiger partial charge in [-0.2, -0.15) is 0 Å². The van der Waals surface area contributed by atoms with Crippen LogP contribution in [-0.2, 0) is 11.2 Å². The maximum Gasteiger partial charge on any atom is 0.224 e. The lowest BCUT2D eigenvalue weighted by atomic mass is 9.83. The van der Waals surface area contributed by atoms with E-state index in [1.807, 2.05) is 18.2 Å². The molecule has 0 aromatic heterocycles. The van der Waals surface area contributed by atoms with Crippen molar-refractivity contribution in [3.63, 3.8) is 0 Å². The van der Waals surface area contributed by atoms with Gasteiger partial charge in [0, 0.05) is 19.3 Å². The second-order valence-electron chi connectivity index (χ2n) is 6.18. The van der Waals surface area contributed by atoms with Gasteiger partial charge >= 0.3 is 0 Å². The molecule has 1 aromatic carbocycles. The van der Waals surface area contributed by atoms with Gasteiger partial charge in [0.1, 0.15) is 0 Å². The van der Waals surface area contributed by atoms with E-state index in [4.69, 9.17) is 0 Å². The zero-order valence-electron chi connectivity index (χ0n) is 13.3. The van der Waals surface area contributed by atoms with Gasteiger partial charge < -0.3 is 10.6 Å². The summed E-state index contributed by atoms with van der Waals surface area (Å²) in [5.74, 6) is 1.40. The van der Waals surface area contributed by atoms with Gasteiger partial charge in [-0.1, -0.05) is 36.8 Å². The largest absolute Gasteiger partial charge is 0.385 e. The van der Waals surface area contributed by atoms with Crippen molar-refractivity contribution >= 4 is 11.6 Å². The topological polar surface area (TPSA) is 41.1 Å². The van der Waals surface area contributed by atoms with E-state index in [1.165, 1.54) is 18.4 Å². The number of carbonyl (C=O) groups is 1. The van der Waals surface area contributed by atoms with Crippen molar-refractivity contribution in [2.24, 2.45) is 11.8 Å². The summed E-state index contributed by atoms with van der Waals surface area (Å²) in [5, 5.41) is 6.23. The van der Waals surface area contributed by atoms with Crippen LogP contribution in [0.2, 0.25) is 0 Å². The molecule has 1 aliphatic rings. The molecule has 0 fully saturated rings. The van der Waals surface area contributed by atoms with E-state index in [0.717, 1.165) is 17.8 Å². The summed E-state index contributed by atoms with van der Waals surface area (Å²) in [5.41, 5.74) is 3.65. The van der Waals surface area contributed by atoms with Gasteiger partial charge in [-0.3, -0.25) is 4.79 Å². The predicted octanol–water partition coefficient (Wildman–Crippen LogP) is 3.38. The van der Waals surface area contributed by atoms with E-state index >= 15 is 0 Å². The van der Waals surface area contributed by atoms with Crippen molar-refractivity contribution < 1.29 is 4.79 Å². The van der Waals surface area contributed by atoms with Crippen LogP contribution < -0.4 is 10.6 Å². The van der Waals surface area contributed by atoms with Crippen molar-refractivity contribution in [2.75, 3.05) is 18.9 Å². The molecule has 0 aliphatic heterocycles. The van der Waals surface area contributed by atoms with Gasteiger partial charge in [0.25, 0.3) is 0 Å². The highest BCUT2D eigenvalue weighted by atomic mass is 16.1. The minimum absolute atomic E-state index is 0.0503. The third-order valence-corrected chi connectivity index (χ3v) is 4.11. The van der Waals surface area contributed by atoms with Crippen LogP contribution in [0, 0.1) is 11.8 Å². The quantitative estimate of drug-likeness (QED) is 0.815.